The lowest BCUT2D eigenvalue weighted by Crippen LogP contribution is -2.40. The van der Waals surface area contributed by atoms with Crippen molar-refractivity contribution in [2.45, 2.75) is 31.0 Å². The van der Waals surface area contributed by atoms with Crippen LogP contribution in [0.5, 0.6) is 0 Å². The van der Waals surface area contributed by atoms with Crippen LogP contribution in [0.3, 0.4) is 0 Å². The van der Waals surface area contributed by atoms with Gasteiger partial charge in [-0.2, -0.15) is 18.4 Å². The topological polar surface area (TPSA) is 62.1 Å². The van der Waals surface area contributed by atoms with Crippen LogP contribution in [0, 0.1) is 23.2 Å². The first-order valence-electron chi connectivity index (χ1n) is 7.85. The standard InChI is InChI=1S/C17H17F3N2O2/c18-17(19,20)12-3-1-2-10(6-12)13-7-14(13)16(23)22-15(8-21)11-4-5-24-9-11/h1-3,6,11,13-15H,4-5,7,9H2,(H,22,23). The van der Waals surface area contributed by atoms with E-state index < -0.39 is 17.8 Å². The van der Waals surface area contributed by atoms with E-state index in [1.807, 2.05) is 0 Å². The maximum Gasteiger partial charge on any atom is 0.416 e. The molecule has 3 rings (SSSR count). The molecule has 1 aromatic rings. The molecular formula is C17H17F3N2O2. The highest BCUT2D eigenvalue weighted by atomic mass is 19.4. The minimum absolute atomic E-state index is 0.0234. The quantitative estimate of drug-likeness (QED) is 0.918. The molecule has 7 heteroatoms. The van der Waals surface area contributed by atoms with Crippen LogP contribution in [-0.4, -0.2) is 25.2 Å². The number of amides is 1. The summed E-state index contributed by atoms with van der Waals surface area (Å²) in [5, 5.41) is 11.9. The second kappa shape index (κ2) is 6.44. The Morgan fingerprint density at radius 3 is 2.83 bits per heavy atom. The molecule has 0 spiro atoms. The van der Waals surface area contributed by atoms with E-state index in [2.05, 4.69) is 11.4 Å². The molecule has 0 bridgehead atoms. The first-order valence-corrected chi connectivity index (χ1v) is 7.85. The van der Waals surface area contributed by atoms with Crippen LogP contribution in [0.4, 0.5) is 13.2 Å². The van der Waals surface area contributed by atoms with E-state index in [4.69, 9.17) is 4.74 Å². The Labute approximate surface area is 137 Å². The second-order valence-electron chi connectivity index (χ2n) is 6.31. The summed E-state index contributed by atoms with van der Waals surface area (Å²) in [6.07, 6.45) is -3.16. The van der Waals surface area contributed by atoms with Crippen molar-refractivity contribution in [2.75, 3.05) is 13.2 Å². The monoisotopic (exact) mass is 338 g/mol. The molecule has 4 unspecified atom stereocenters. The molecule has 2 aliphatic rings. The molecule has 1 N–H and O–H groups in total. The van der Waals surface area contributed by atoms with Gasteiger partial charge in [-0.25, -0.2) is 0 Å². The summed E-state index contributed by atoms with van der Waals surface area (Å²) >= 11 is 0. The third-order valence-corrected chi connectivity index (χ3v) is 4.64. The normalized spacial score (nSPS) is 27.3. The van der Waals surface area contributed by atoms with Gasteiger partial charge in [-0.1, -0.05) is 18.2 Å². The number of ether oxygens (including phenoxy) is 1. The molecule has 1 saturated heterocycles. The van der Waals surface area contributed by atoms with Gasteiger partial charge in [0.05, 0.1) is 18.2 Å². The molecule has 4 atom stereocenters. The van der Waals surface area contributed by atoms with Gasteiger partial charge in [0.25, 0.3) is 0 Å². The number of rotatable bonds is 4. The van der Waals surface area contributed by atoms with Gasteiger partial charge in [0, 0.05) is 18.4 Å². The van der Waals surface area contributed by atoms with E-state index in [1.54, 1.807) is 6.07 Å². The molecule has 2 fully saturated rings. The molecule has 0 radical (unpaired) electrons. The van der Waals surface area contributed by atoms with Crippen LogP contribution in [0.2, 0.25) is 0 Å². The number of nitrogens with zero attached hydrogens (tertiary/aromatic N) is 1. The van der Waals surface area contributed by atoms with Crippen molar-refractivity contribution in [3.8, 4) is 6.07 Å². The largest absolute Gasteiger partial charge is 0.416 e. The average molecular weight is 338 g/mol. The van der Waals surface area contributed by atoms with Crippen molar-refractivity contribution >= 4 is 5.91 Å². The Morgan fingerprint density at radius 2 is 2.21 bits per heavy atom. The van der Waals surface area contributed by atoms with Crippen LogP contribution < -0.4 is 5.32 Å². The van der Waals surface area contributed by atoms with Gasteiger partial charge < -0.3 is 10.1 Å². The highest BCUT2D eigenvalue weighted by molar-refractivity contribution is 5.83. The summed E-state index contributed by atoms with van der Waals surface area (Å²) in [5.74, 6) is -0.876. The highest BCUT2D eigenvalue weighted by Gasteiger charge is 2.45. The Bertz CT molecular complexity index is 663. The fraction of sp³-hybridized carbons (Fsp3) is 0.529. The number of alkyl halides is 3. The lowest BCUT2D eigenvalue weighted by atomic mass is 10.00. The van der Waals surface area contributed by atoms with E-state index in [9.17, 15) is 23.2 Å². The van der Waals surface area contributed by atoms with E-state index in [1.165, 1.54) is 6.07 Å². The summed E-state index contributed by atoms with van der Waals surface area (Å²) in [7, 11) is 0. The number of halogens is 3. The number of hydrogen-bond donors (Lipinski definition) is 1. The predicted octanol–water partition coefficient (Wildman–Crippen LogP) is 2.85. The van der Waals surface area contributed by atoms with Crippen molar-refractivity contribution in [3.05, 3.63) is 35.4 Å². The van der Waals surface area contributed by atoms with Crippen LogP contribution in [-0.2, 0) is 15.7 Å². The van der Waals surface area contributed by atoms with Crippen LogP contribution in [0.25, 0.3) is 0 Å². The van der Waals surface area contributed by atoms with E-state index in [0.717, 1.165) is 18.6 Å². The minimum Gasteiger partial charge on any atom is -0.381 e. The minimum atomic E-state index is -4.39. The van der Waals surface area contributed by atoms with Crippen LogP contribution in [0.1, 0.15) is 29.9 Å². The summed E-state index contributed by atoms with van der Waals surface area (Å²) in [6, 6.07) is 6.57. The number of hydrogen-bond acceptors (Lipinski definition) is 3. The fourth-order valence-electron chi connectivity index (χ4n) is 3.13. The van der Waals surface area contributed by atoms with Gasteiger partial charge in [0.2, 0.25) is 5.91 Å². The second-order valence-corrected chi connectivity index (χ2v) is 6.31. The first kappa shape index (κ1) is 16.8. The molecule has 128 valence electrons. The maximum absolute atomic E-state index is 12.8. The van der Waals surface area contributed by atoms with Crippen molar-refractivity contribution in [1.82, 2.24) is 5.32 Å². The Kier molecular flexibility index (Phi) is 4.50. The summed E-state index contributed by atoms with van der Waals surface area (Å²) < 4.78 is 43.5. The molecule has 1 aliphatic carbocycles. The molecule has 4 nitrogen and oxygen atoms in total. The van der Waals surface area contributed by atoms with E-state index >= 15 is 0 Å². The van der Waals surface area contributed by atoms with Gasteiger partial charge in [0.1, 0.15) is 6.04 Å². The zero-order valence-electron chi connectivity index (χ0n) is 12.8. The van der Waals surface area contributed by atoms with Gasteiger partial charge in [-0.3, -0.25) is 4.79 Å². The molecule has 24 heavy (non-hydrogen) atoms. The third-order valence-electron chi connectivity index (χ3n) is 4.64. The lowest BCUT2D eigenvalue weighted by Gasteiger charge is -2.16. The lowest BCUT2D eigenvalue weighted by molar-refractivity contribution is -0.137. The number of carbonyl (C=O) groups is 1. The molecule has 1 amide bonds. The van der Waals surface area contributed by atoms with E-state index in [-0.39, 0.29) is 23.7 Å². The maximum atomic E-state index is 12.8. The van der Waals surface area contributed by atoms with Crippen LogP contribution in [0.15, 0.2) is 24.3 Å². The summed E-state index contributed by atoms with van der Waals surface area (Å²) in [5.41, 5.74) is -0.188. The molecule has 1 aliphatic heterocycles. The zero-order chi connectivity index (χ0) is 17.3. The number of nitrogens with one attached hydrogen (secondary N) is 1. The number of nitriles is 1. The van der Waals surface area contributed by atoms with Crippen molar-refractivity contribution in [3.63, 3.8) is 0 Å². The number of carbonyl (C=O) groups excluding carboxylic acids is 1. The van der Waals surface area contributed by atoms with Gasteiger partial charge in [-0.15, -0.1) is 0 Å². The molecule has 0 aromatic heterocycles. The predicted molar refractivity (Wildman–Crippen MR) is 78.8 cm³/mol. The average Bonchev–Trinajstić information content (AvgIpc) is 3.18. The van der Waals surface area contributed by atoms with Gasteiger partial charge in [-0.05, 0) is 30.4 Å². The van der Waals surface area contributed by atoms with Gasteiger partial charge in [0.15, 0.2) is 0 Å². The Balaban J connectivity index is 1.62. The van der Waals surface area contributed by atoms with Crippen molar-refractivity contribution < 1.29 is 22.7 Å². The Hall–Kier alpha value is -2.07. The van der Waals surface area contributed by atoms with Crippen LogP contribution >= 0.6 is 0 Å². The molecule has 1 aromatic carbocycles. The van der Waals surface area contributed by atoms with Gasteiger partial charge >= 0.3 is 6.18 Å². The Morgan fingerprint density at radius 1 is 1.42 bits per heavy atom. The van der Waals surface area contributed by atoms with Crippen molar-refractivity contribution in [1.29, 1.82) is 5.26 Å². The molecule has 1 heterocycles. The first-order chi connectivity index (χ1) is 11.4. The molecule has 1 saturated carbocycles. The number of benzene rings is 1. The highest BCUT2D eigenvalue weighted by Crippen LogP contribution is 2.48. The fourth-order valence-corrected chi connectivity index (χ4v) is 3.13. The summed E-state index contributed by atoms with van der Waals surface area (Å²) in [4.78, 5) is 12.3. The SMILES string of the molecule is N#CC(NC(=O)C1CC1c1cccc(C(F)(F)F)c1)C1CCOC1. The zero-order valence-corrected chi connectivity index (χ0v) is 12.8. The van der Waals surface area contributed by atoms with E-state index in [0.29, 0.717) is 25.2 Å². The third kappa shape index (κ3) is 3.54. The van der Waals surface area contributed by atoms with Crippen molar-refractivity contribution in [2.24, 2.45) is 11.8 Å². The summed E-state index contributed by atoms with van der Waals surface area (Å²) in [6.45, 7) is 1.02. The molecular weight excluding hydrogens is 321 g/mol. The smallest absolute Gasteiger partial charge is 0.381 e.